The third-order valence-electron chi connectivity index (χ3n) is 4.05. The topological polar surface area (TPSA) is 76.9 Å². The van der Waals surface area contributed by atoms with Crippen molar-refractivity contribution in [3.63, 3.8) is 0 Å². The molecule has 0 aliphatic heterocycles. The Morgan fingerprint density at radius 3 is 2.32 bits per heavy atom. The van der Waals surface area contributed by atoms with Gasteiger partial charge in [0.15, 0.2) is 0 Å². The van der Waals surface area contributed by atoms with Crippen LogP contribution in [0.15, 0.2) is 66.1 Å². The first-order valence-corrected chi connectivity index (χ1v) is 9.54. The summed E-state index contributed by atoms with van der Waals surface area (Å²) in [6.07, 6.45) is 3.96. The van der Waals surface area contributed by atoms with E-state index in [1.807, 2.05) is 50.2 Å². The quantitative estimate of drug-likeness (QED) is 0.737. The van der Waals surface area contributed by atoms with Crippen LogP contribution in [0.4, 0.5) is 0 Å². The molecule has 2 aromatic carbocycles. The monoisotopic (exact) mass is 356 g/mol. The summed E-state index contributed by atoms with van der Waals surface area (Å²) in [4.78, 5) is 4.18. The van der Waals surface area contributed by atoms with Crippen LogP contribution in [0.2, 0.25) is 0 Å². The molecule has 25 heavy (non-hydrogen) atoms. The molecular formula is C18H20N4O2S. The average molecular weight is 356 g/mol. The van der Waals surface area contributed by atoms with Gasteiger partial charge in [-0.15, -0.1) is 0 Å². The summed E-state index contributed by atoms with van der Waals surface area (Å²) in [6.45, 7) is 3.86. The highest BCUT2D eigenvalue weighted by atomic mass is 32.2. The van der Waals surface area contributed by atoms with E-state index < -0.39 is 10.0 Å². The Balaban J connectivity index is 1.75. The summed E-state index contributed by atoms with van der Waals surface area (Å²) in [6, 6.07) is 14.1. The number of hydrogen-bond donors (Lipinski definition) is 1. The van der Waals surface area contributed by atoms with Crippen LogP contribution >= 0.6 is 0 Å². The summed E-state index contributed by atoms with van der Waals surface area (Å²) >= 11 is 0. The van der Waals surface area contributed by atoms with Crippen molar-refractivity contribution in [2.75, 3.05) is 0 Å². The van der Waals surface area contributed by atoms with Gasteiger partial charge in [0, 0.05) is 6.04 Å². The van der Waals surface area contributed by atoms with Crippen molar-refractivity contribution < 1.29 is 8.42 Å². The number of hydrogen-bond acceptors (Lipinski definition) is 4. The van der Waals surface area contributed by atoms with Crippen LogP contribution in [0.5, 0.6) is 0 Å². The maximum absolute atomic E-state index is 12.5. The van der Waals surface area contributed by atoms with Crippen molar-refractivity contribution in [2.24, 2.45) is 0 Å². The first-order valence-electron chi connectivity index (χ1n) is 8.06. The molecule has 0 saturated carbocycles. The van der Waals surface area contributed by atoms with Gasteiger partial charge in [0.2, 0.25) is 10.0 Å². The van der Waals surface area contributed by atoms with Gasteiger partial charge in [0.25, 0.3) is 0 Å². The normalized spacial score (nSPS) is 12.9. The van der Waals surface area contributed by atoms with Crippen molar-refractivity contribution in [1.29, 1.82) is 0 Å². The molecule has 0 unspecified atom stereocenters. The van der Waals surface area contributed by atoms with Gasteiger partial charge in [-0.05, 0) is 48.7 Å². The van der Waals surface area contributed by atoms with Crippen LogP contribution in [0.25, 0.3) is 5.69 Å². The second kappa shape index (κ2) is 7.16. The van der Waals surface area contributed by atoms with Gasteiger partial charge in [-0.2, -0.15) is 5.10 Å². The zero-order chi connectivity index (χ0) is 17.9. The van der Waals surface area contributed by atoms with E-state index in [1.165, 1.54) is 6.33 Å². The van der Waals surface area contributed by atoms with Gasteiger partial charge in [-0.25, -0.2) is 22.8 Å². The highest BCUT2D eigenvalue weighted by Crippen LogP contribution is 2.19. The van der Waals surface area contributed by atoms with Crippen molar-refractivity contribution >= 4 is 10.0 Å². The lowest BCUT2D eigenvalue weighted by Crippen LogP contribution is -2.26. The summed E-state index contributed by atoms with van der Waals surface area (Å²) in [5.41, 5.74) is 2.85. The molecule has 1 aromatic heterocycles. The lowest BCUT2D eigenvalue weighted by Gasteiger charge is -2.15. The zero-order valence-electron chi connectivity index (χ0n) is 14.1. The molecule has 3 aromatic rings. The van der Waals surface area contributed by atoms with Crippen LogP contribution in [0.3, 0.4) is 0 Å². The van der Waals surface area contributed by atoms with E-state index in [-0.39, 0.29) is 10.9 Å². The molecule has 1 atom stereocenters. The summed E-state index contributed by atoms with van der Waals surface area (Å²) in [7, 11) is -3.56. The van der Waals surface area contributed by atoms with Crippen molar-refractivity contribution in [3.05, 3.63) is 72.3 Å². The van der Waals surface area contributed by atoms with Crippen LogP contribution in [0, 0.1) is 0 Å². The van der Waals surface area contributed by atoms with Gasteiger partial charge >= 0.3 is 0 Å². The van der Waals surface area contributed by atoms with Crippen molar-refractivity contribution in [2.45, 2.75) is 31.2 Å². The van der Waals surface area contributed by atoms with Crippen molar-refractivity contribution in [1.82, 2.24) is 19.5 Å². The van der Waals surface area contributed by atoms with E-state index in [2.05, 4.69) is 14.8 Å². The number of nitrogens with zero attached hydrogens (tertiary/aromatic N) is 3. The van der Waals surface area contributed by atoms with Crippen molar-refractivity contribution in [3.8, 4) is 5.69 Å². The summed E-state index contributed by atoms with van der Waals surface area (Å²) in [5.74, 6) is 0. The highest BCUT2D eigenvalue weighted by Gasteiger charge is 2.18. The SMILES string of the molecule is CCc1ccc(S(=O)(=O)N[C@@H](C)c2ccc(-n3cncn3)cc2)cc1. The lowest BCUT2D eigenvalue weighted by molar-refractivity contribution is 0.567. The summed E-state index contributed by atoms with van der Waals surface area (Å²) < 4.78 is 29.4. The van der Waals surface area contributed by atoms with Crippen LogP contribution < -0.4 is 4.72 Å². The van der Waals surface area contributed by atoms with E-state index >= 15 is 0 Å². The number of benzene rings is 2. The minimum absolute atomic E-state index is 0.274. The Morgan fingerprint density at radius 1 is 1.08 bits per heavy atom. The lowest BCUT2D eigenvalue weighted by atomic mass is 10.1. The summed E-state index contributed by atoms with van der Waals surface area (Å²) in [5, 5.41) is 4.07. The van der Waals surface area contributed by atoms with Gasteiger partial charge in [-0.1, -0.05) is 31.2 Å². The third-order valence-corrected chi connectivity index (χ3v) is 5.61. The van der Waals surface area contributed by atoms with E-state index in [9.17, 15) is 8.42 Å². The maximum atomic E-state index is 12.5. The van der Waals surface area contributed by atoms with Gasteiger partial charge in [0.1, 0.15) is 12.7 Å². The molecule has 0 aliphatic carbocycles. The molecular weight excluding hydrogens is 336 g/mol. The number of aryl methyl sites for hydroxylation is 1. The fraction of sp³-hybridized carbons (Fsp3) is 0.222. The molecule has 130 valence electrons. The zero-order valence-corrected chi connectivity index (χ0v) is 14.9. The molecule has 0 bridgehead atoms. The predicted molar refractivity (Wildman–Crippen MR) is 95.9 cm³/mol. The smallest absolute Gasteiger partial charge is 0.223 e. The molecule has 6 nitrogen and oxygen atoms in total. The minimum Gasteiger partial charge on any atom is -0.223 e. The van der Waals surface area contributed by atoms with Gasteiger partial charge < -0.3 is 0 Å². The molecule has 0 saturated heterocycles. The predicted octanol–water partition coefficient (Wildman–Crippen LogP) is 2.87. The second-order valence-corrected chi connectivity index (χ2v) is 7.49. The van der Waals surface area contributed by atoms with Crippen LogP contribution in [0.1, 0.15) is 31.0 Å². The third kappa shape index (κ3) is 3.94. The Labute approximate surface area is 147 Å². The maximum Gasteiger partial charge on any atom is 0.241 e. The molecule has 1 heterocycles. The fourth-order valence-electron chi connectivity index (χ4n) is 2.53. The van der Waals surface area contributed by atoms with Gasteiger partial charge in [0.05, 0.1) is 10.6 Å². The van der Waals surface area contributed by atoms with Gasteiger partial charge in [-0.3, -0.25) is 0 Å². The average Bonchev–Trinajstić information content (AvgIpc) is 3.16. The van der Waals surface area contributed by atoms with E-state index in [1.54, 1.807) is 23.1 Å². The molecule has 0 spiro atoms. The Kier molecular flexibility index (Phi) is 4.96. The molecule has 1 N–H and O–H groups in total. The molecule has 3 rings (SSSR count). The molecule has 0 amide bonds. The Bertz CT molecular complexity index is 918. The first-order chi connectivity index (χ1) is 12.0. The standard InChI is InChI=1S/C18H20N4O2S/c1-3-15-4-10-18(11-5-15)25(23,24)21-14(2)16-6-8-17(9-7-16)22-13-19-12-20-22/h4-14,21H,3H2,1-2H3/t14-/m0/s1. The molecule has 7 heteroatoms. The van der Waals surface area contributed by atoms with Crippen LogP contribution in [-0.2, 0) is 16.4 Å². The Morgan fingerprint density at radius 2 is 1.76 bits per heavy atom. The molecule has 0 aliphatic rings. The number of rotatable bonds is 6. The fourth-order valence-corrected chi connectivity index (χ4v) is 3.76. The Hall–Kier alpha value is -2.51. The second-order valence-electron chi connectivity index (χ2n) is 5.77. The molecule has 0 fully saturated rings. The van der Waals surface area contributed by atoms with Crippen LogP contribution in [-0.4, -0.2) is 23.2 Å². The largest absolute Gasteiger partial charge is 0.241 e. The molecule has 0 radical (unpaired) electrons. The first kappa shape index (κ1) is 17.3. The van der Waals surface area contributed by atoms with E-state index in [0.717, 1.165) is 23.2 Å². The minimum atomic E-state index is -3.56. The number of aromatic nitrogens is 3. The highest BCUT2D eigenvalue weighted by molar-refractivity contribution is 7.89. The van der Waals surface area contributed by atoms with E-state index in [0.29, 0.717) is 0 Å². The number of nitrogens with one attached hydrogen (secondary N) is 1. The number of sulfonamides is 1. The van der Waals surface area contributed by atoms with E-state index in [4.69, 9.17) is 0 Å².